The Hall–Kier alpha value is -1.69. The quantitative estimate of drug-likeness (QED) is 0.180. The highest BCUT2D eigenvalue weighted by molar-refractivity contribution is 5.77. The van der Waals surface area contributed by atoms with Gasteiger partial charge in [0.15, 0.2) is 0 Å². The summed E-state index contributed by atoms with van der Waals surface area (Å²) in [6.45, 7) is 6.36. The van der Waals surface area contributed by atoms with Gasteiger partial charge in [0.2, 0.25) is 11.8 Å². The van der Waals surface area contributed by atoms with E-state index in [4.69, 9.17) is 5.21 Å². The third-order valence-electron chi connectivity index (χ3n) is 3.18. The van der Waals surface area contributed by atoms with Gasteiger partial charge in [-0.1, -0.05) is 18.6 Å². The van der Waals surface area contributed by atoms with E-state index in [2.05, 4.69) is 37.4 Å². The number of hydrogen-bond donors (Lipinski definition) is 3. The molecule has 0 aromatic heterocycles. The Morgan fingerprint density at radius 1 is 1.18 bits per heavy atom. The molecule has 0 aromatic carbocycles. The molecule has 0 unspecified atom stereocenters. The highest BCUT2D eigenvalue weighted by atomic mass is 16.5. The van der Waals surface area contributed by atoms with Gasteiger partial charge in [-0.2, -0.15) is 5.10 Å². The molecule has 0 saturated carbocycles. The van der Waals surface area contributed by atoms with Crippen LogP contribution in [0.1, 0.15) is 65.7 Å². The number of carbonyl (C=O) groups is 2. The number of amides is 2. The Morgan fingerprint density at radius 3 is 2.41 bits per heavy atom. The third-order valence-corrected chi connectivity index (χ3v) is 3.18. The summed E-state index contributed by atoms with van der Waals surface area (Å²) in [5, 5.41) is 12.2. The number of allylic oxidation sites excluding steroid dienone is 2. The second-order valence-electron chi connectivity index (χ2n) is 5.79. The Morgan fingerprint density at radius 2 is 1.82 bits per heavy atom. The first-order chi connectivity index (χ1) is 10.5. The van der Waals surface area contributed by atoms with Gasteiger partial charge >= 0.3 is 0 Å². The van der Waals surface area contributed by atoms with Gasteiger partial charge in [-0.25, -0.2) is 10.9 Å². The fourth-order valence-electron chi connectivity index (χ4n) is 1.81. The number of hydrazone groups is 1. The molecule has 0 aliphatic carbocycles. The Kier molecular flexibility index (Phi) is 12.0. The summed E-state index contributed by atoms with van der Waals surface area (Å²) in [5.41, 5.74) is 5.38. The van der Waals surface area contributed by atoms with Crippen LogP contribution in [0, 0.1) is 5.92 Å². The van der Waals surface area contributed by atoms with Crippen molar-refractivity contribution in [2.24, 2.45) is 11.0 Å². The molecule has 0 aliphatic heterocycles. The second kappa shape index (κ2) is 13.0. The van der Waals surface area contributed by atoms with Gasteiger partial charge in [0, 0.05) is 19.1 Å². The zero-order chi connectivity index (χ0) is 16.8. The molecule has 1 atom stereocenters. The summed E-state index contributed by atoms with van der Waals surface area (Å²) in [7, 11) is 0. The molecule has 6 heteroatoms. The largest absolute Gasteiger partial charge is 0.289 e. The summed E-state index contributed by atoms with van der Waals surface area (Å²) < 4.78 is 0. The SMILES string of the molecule is CC(C)=CCC[C@@H](C)C/C=N/NC(=O)CCCCC(=O)NO. The minimum absolute atomic E-state index is 0.155. The molecule has 0 aliphatic rings. The summed E-state index contributed by atoms with van der Waals surface area (Å²) in [4.78, 5) is 22.2. The fourth-order valence-corrected chi connectivity index (χ4v) is 1.81. The number of unbranched alkanes of at least 4 members (excludes halogenated alkanes) is 1. The van der Waals surface area contributed by atoms with Gasteiger partial charge in [-0.15, -0.1) is 0 Å². The van der Waals surface area contributed by atoms with Crippen molar-refractivity contribution in [2.75, 3.05) is 0 Å². The van der Waals surface area contributed by atoms with Crippen molar-refractivity contribution < 1.29 is 14.8 Å². The van der Waals surface area contributed by atoms with E-state index in [9.17, 15) is 9.59 Å². The lowest BCUT2D eigenvalue weighted by molar-refractivity contribution is -0.129. The number of nitrogens with one attached hydrogen (secondary N) is 2. The van der Waals surface area contributed by atoms with Crippen molar-refractivity contribution in [3.63, 3.8) is 0 Å². The molecule has 2 amide bonds. The smallest absolute Gasteiger partial charge is 0.243 e. The number of carbonyl (C=O) groups excluding carboxylic acids is 2. The Bertz CT molecular complexity index is 388. The third kappa shape index (κ3) is 13.3. The summed E-state index contributed by atoms with van der Waals surface area (Å²) in [6, 6.07) is 0. The Labute approximate surface area is 133 Å². The van der Waals surface area contributed by atoms with Crippen molar-refractivity contribution in [3.8, 4) is 0 Å². The summed E-state index contributed by atoms with van der Waals surface area (Å²) in [6.07, 6.45) is 8.69. The van der Waals surface area contributed by atoms with Gasteiger partial charge in [0.1, 0.15) is 0 Å². The molecular formula is C16H29N3O3. The molecule has 22 heavy (non-hydrogen) atoms. The minimum atomic E-state index is -0.430. The molecule has 0 radical (unpaired) electrons. The van der Waals surface area contributed by atoms with E-state index < -0.39 is 5.91 Å². The van der Waals surface area contributed by atoms with E-state index in [0.29, 0.717) is 25.2 Å². The lowest BCUT2D eigenvalue weighted by atomic mass is 10.0. The first kappa shape index (κ1) is 20.3. The van der Waals surface area contributed by atoms with E-state index in [1.165, 1.54) is 5.57 Å². The first-order valence-electron chi connectivity index (χ1n) is 7.82. The van der Waals surface area contributed by atoms with Crippen LogP contribution in [0.3, 0.4) is 0 Å². The predicted octanol–water partition coefficient (Wildman–Crippen LogP) is 2.93. The zero-order valence-electron chi connectivity index (χ0n) is 13.9. The van der Waals surface area contributed by atoms with E-state index in [1.54, 1.807) is 11.7 Å². The van der Waals surface area contributed by atoms with Crippen LogP contribution in [-0.4, -0.2) is 23.2 Å². The van der Waals surface area contributed by atoms with Crippen LogP contribution in [0.15, 0.2) is 16.8 Å². The van der Waals surface area contributed by atoms with Gasteiger partial charge in [0.05, 0.1) is 0 Å². The predicted molar refractivity (Wildman–Crippen MR) is 87.5 cm³/mol. The zero-order valence-corrected chi connectivity index (χ0v) is 13.9. The van der Waals surface area contributed by atoms with Crippen molar-refractivity contribution in [2.45, 2.75) is 65.7 Å². The summed E-state index contributed by atoms with van der Waals surface area (Å²) >= 11 is 0. The van der Waals surface area contributed by atoms with Crippen LogP contribution in [0.25, 0.3) is 0 Å². The summed E-state index contributed by atoms with van der Waals surface area (Å²) in [5.74, 6) is -0.0494. The second-order valence-corrected chi connectivity index (χ2v) is 5.79. The van der Waals surface area contributed by atoms with Crippen molar-refractivity contribution >= 4 is 18.0 Å². The first-order valence-corrected chi connectivity index (χ1v) is 7.82. The van der Waals surface area contributed by atoms with Crippen molar-refractivity contribution in [1.29, 1.82) is 0 Å². The number of hydroxylamine groups is 1. The maximum absolute atomic E-state index is 11.5. The molecule has 0 aromatic rings. The molecule has 0 heterocycles. The van der Waals surface area contributed by atoms with Crippen LogP contribution < -0.4 is 10.9 Å². The van der Waals surface area contributed by atoms with E-state index >= 15 is 0 Å². The standard InChI is InChI=1S/C16H29N3O3/c1-13(2)7-6-8-14(3)11-12-17-18-15(20)9-4-5-10-16(21)19-22/h7,12,14,22H,4-6,8-11H2,1-3H3,(H,18,20)(H,19,21)/b17-12+/t14-/m1/s1. The van der Waals surface area contributed by atoms with E-state index in [0.717, 1.165) is 19.3 Å². The van der Waals surface area contributed by atoms with Crippen LogP contribution in [0.5, 0.6) is 0 Å². The van der Waals surface area contributed by atoms with E-state index in [-0.39, 0.29) is 12.3 Å². The molecule has 126 valence electrons. The van der Waals surface area contributed by atoms with Gasteiger partial charge < -0.3 is 0 Å². The number of hydrogen-bond acceptors (Lipinski definition) is 4. The lowest BCUT2D eigenvalue weighted by Gasteiger charge is -2.06. The molecular weight excluding hydrogens is 282 g/mol. The Balaban J connectivity index is 3.64. The van der Waals surface area contributed by atoms with Crippen molar-refractivity contribution in [1.82, 2.24) is 10.9 Å². The number of nitrogens with zero attached hydrogens (tertiary/aromatic N) is 1. The van der Waals surface area contributed by atoms with Crippen molar-refractivity contribution in [3.05, 3.63) is 11.6 Å². The average molecular weight is 311 g/mol. The molecule has 6 nitrogen and oxygen atoms in total. The maximum atomic E-state index is 11.5. The molecule has 0 bridgehead atoms. The van der Waals surface area contributed by atoms with Crippen LogP contribution in [0.2, 0.25) is 0 Å². The van der Waals surface area contributed by atoms with E-state index in [1.807, 2.05) is 0 Å². The average Bonchev–Trinajstić information content (AvgIpc) is 2.47. The van der Waals surface area contributed by atoms with Crippen LogP contribution >= 0.6 is 0 Å². The monoisotopic (exact) mass is 311 g/mol. The fraction of sp³-hybridized carbons (Fsp3) is 0.688. The highest BCUT2D eigenvalue weighted by Gasteiger charge is 2.03. The van der Waals surface area contributed by atoms with Crippen LogP contribution in [0.4, 0.5) is 0 Å². The normalized spacial score (nSPS) is 12.0. The molecule has 3 N–H and O–H groups in total. The van der Waals surface area contributed by atoms with Crippen LogP contribution in [-0.2, 0) is 9.59 Å². The van der Waals surface area contributed by atoms with Gasteiger partial charge in [-0.05, 0) is 51.9 Å². The van der Waals surface area contributed by atoms with Gasteiger partial charge in [0.25, 0.3) is 0 Å². The molecule has 0 spiro atoms. The topological polar surface area (TPSA) is 90.8 Å². The highest BCUT2D eigenvalue weighted by Crippen LogP contribution is 2.10. The minimum Gasteiger partial charge on any atom is -0.289 e. The maximum Gasteiger partial charge on any atom is 0.243 e. The van der Waals surface area contributed by atoms with Gasteiger partial charge in [-0.3, -0.25) is 14.8 Å². The molecule has 0 saturated heterocycles. The number of rotatable bonds is 11. The lowest BCUT2D eigenvalue weighted by Crippen LogP contribution is -2.19. The molecule has 0 rings (SSSR count). The molecule has 0 fully saturated rings.